The van der Waals surface area contributed by atoms with Crippen LogP contribution in [-0.2, 0) is 9.53 Å². The number of esters is 1. The minimum absolute atomic E-state index is 0.190. The van der Waals surface area contributed by atoms with Crippen molar-refractivity contribution in [1.29, 1.82) is 0 Å². The van der Waals surface area contributed by atoms with Gasteiger partial charge >= 0.3 is 5.97 Å². The Morgan fingerprint density at radius 2 is 1.75 bits per heavy atom. The molecule has 0 spiro atoms. The zero-order chi connectivity index (χ0) is 17.4. The van der Waals surface area contributed by atoms with Gasteiger partial charge < -0.3 is 14.6 Å². The number of aliphatic hydroxyl groups excluding tert-OH is 1. The van der Waals surface area contributed by atoms with E-state index in [1.54, 1.807) is 7.11 Å². The van der Waals surface area contributed by atoms with E-state index in [-0.39, 0.29) is 18.5 Å². The predicted octanol–water partition coefficient (Wildman–Crippen LogP) is 4.05. The van der Waals surface area contributed by atoms with Gasteiger partial charge in [0.05, 0.1) is 19.6 Å². The van der Waals surface area contributed by atoms with Crippen LogP contribution in [0.25, 0.3) is 10.8 Å². The standard InChI is InChI=1S/C20H26O4/c1-15(20(22)24-12-6-4-3-5-11-21)16-7-8-18-14-19(23-2)10-9-17(18)13-16/h7-10,13-15,21H,3-6,11-12H2,1-2H3. The molecule has 4 nitrogen and oxygen atoms in total. The molecule has 1 unspecified atom stereocenters. The Morgan fingerprint density at radius 3 is 2.50 bits per heavy atom. The SMILES string of the molecule is COc1ccc2cc(C(C)C(=O)OCCCCCCO)ccc2c1. The highest BCUT2D eigenvalue weighted by molar-refractivity contribution is 5.86. The maximum atomic E-state index is 12.2. The Bertz CT molecular complexity index is 666. The molecule has 0 heterocycles. The van der Waals surface area contributed by atoms with E-state index in [0.717, 1.165) is 47.8 Å². The molecular weight excluding hydrogens is 304 g/mol. The van der Waals surface area contributed by atoms with Crippen molar-refractivity contribution in [3.05, 3.63) is 42.0 Å². The molecular formula is C20H26O4. The van der Waals surface area contributed by atoms with Crippen molar-refractivity contribution in [1.82, 2.24) is 0 Å². The lowest BCUT2D eigenvalue weighted by molar-refractivity contribution is -0.145. The Morgan fingerprint density at radius 1 is 1.04 bits per heavy atom. The second-order valence-corrected chi connectivity index (χ2v) is 6.00. The van der Waals surface area contributed by atoms with E-state index in [2.05, 4.69) is 0 Å². The van der Waals surface area contributed by atoms with E-state index in [1.165, 1.54) is 0 Å². The number of rotatable bonds is 9. The molecule has 1 atom stereocenters. The Balaban J connectivity index is 1.92. The first-order chi connectivity index (χ1) is 11.7. The van der Waals surface area contributed by atoms with Gasteiger partial charge in [-0.05, 0) is 54.7 Å². The summed E-state index contributed by atoms with van der Waals surface area (Å²) in [4.78, 5) is 12.2. The summed E-state index contributed by atoms with van der Waals surface area (Å²) in [7, 11) is 1.65. The van der Waals surface area contributed by atoms with E-state index in [4.69, 9.17) is 14.6 Å². The summed E-state index contributed by atoms with van der Waals surface area (Å²) in [6.07, 6.45) is 3.60. The van der Waals surface area contributed by atoms with Crippen LogP contribution >= 0.6 is 0 Å². The molecule has 0 amide bonds. The van der Waals surface area contributed by atoms with Gasteiger partial charge in [0.25, 0.3) is 0 Å². The van der Waals surface area contributed by atoms with Crippen LogP contribution in [-0.4, -0.2) is 31.4 Å². The summed E-state index contributed by atoms with van der Waals surface area (Å²) in [6.45, 7) is 2.54. The van der Waals surface area contributed by atoms with Gasteiger partial charge in [0.1, 0.15) is 5.75 Å². The van der Waals surface area contributed by atoms with Gasteiger partial charge in [-0.1, -0.05) is 30.7 Å². The molecule has 0 bridgehead atoms. The highest BCUT2D eigenvalue weighted by Crippen LogP contribution is 2.25. The van der Waals surface area contributed by atoms with Crippen molar-refractivity contribution in [2.75, 3.05) is 20.3 Å². The summed E-state index contributed by atoms with van der Waals surface area (Å²) in [5.74, 6) is 0.350. The molecule has 0 aliphatic rings. The fraction of sp³-hybridized carbons (Fsp3) is 0.450. The molecule has 0 saturated carbocycles. The van der Waals surface area contributed by atoms with Crippen LogP contribution in [0.4, 0.5) is 0 Å². The number of fused-ring (bicyclic) bond motifs is 1. The van der Waals surface area contributed by atoms with Gasteiger partial charge in [0.2, 0.25) is 0 Å². The monoisotopic (exact) mass is 330 g/mol. The third kappa shape index (κ3) is 4.96. The Kier molecular flexibility index (Phi) is 7.07. The van der Waals surface area contributed by atoms with Gasteiger partial charge in [0.15, 0.2) is 0 Å². The summed E-state index contributed by atoms with van der Waals surface area (Å²) < 4.78 is 10.6. The maximum absolute atomic E-state index is 12.2. The largest absolute Gasteiger partial charge is 0.497 e. The Labute approximate surface area is 143 Å². The van der Waals surface area contributed by atoms with Crippen molar-refractivity contribution in [2.24, 2.45) is 0 Å². The normalized spacial score (nSPS) is 12.1. The topological polar surface area (TPSA) is 55.8 Å². The number of carbonyl (C=O) groups is 1. The molecule has 0 aliphatic carbocycles. The number of aliphatic hydroxyl groups is 1. The lowest BCUT2D eigenvalue weighted by Gasteiger charge is -2.13. The number of hydrogen-bond donors (Lipinski definition) is 1. The third-order valence-corrected chi connectivity index (χ3v) is 4.22. The lowest BCUT2D eigenvalue weighted by atomic mass is 9.98. The molecule has 0 aromatic heterocycles. The first-order valence-corrected chi connectivity index (χ1v) is 8.51. The van der Waals surface area contributed by atoms with Gasteiger partial charge in [-0.2, -0.15) is 0 Å². The molecule has 1 N–H and O–H groups in total. The molecule has 0 fully saturated rings. The van der Waals surface area contributed by atoms with Crippen molar-refractivity contribution >= 4 is 16.7 Å². The molecule has 2 rings (SSSR count). The van der Waals surface area contributed by atoms with Gasteiger partial charge in [-0.15, -0.1) is 0 Å². The molecule has 2 aromatic carbocycles. The van der Waals surface area contributed by atoms with Crippen LogP contribution in [0.5, 0.6) is 5.75 Å². The average molecular weight is 330 g/mol. The summed E-state index contributed by atoms with van der Waals surface area (Å²) in [6, 6.07) is 11.9. The van der Waals surface area contributed by atoms with Crippen LogP contribution < -0.4 is 4.74 Å². The van der Waals surface area contributed by atoms with Crippen molar-refractivity contribution in [3.8, 4) is 5.75 Å². The molecule has 24 heavy (non-hydrogen) atoms. The minimum atomic E-state index is -0.283. The number of carbonyl (C=O) groups excluding carboxylic acids is 1. The average Bonchev–Trinajstić information content (AvgIpc) is 2.62. The van der Waals surface area contributed by atoms with Gasteiger partial charge in [-0.25, -0.2) is 0 Å². The van der Waals surface area contributed by atoms with Crippen LogP contribution in [0, 0.1) is 0 Å². The zero-order valence-electron chi connectivity index (χ0n) is 14.5. The second-order valence-electron chi connectivity index (χ2n) is 6.00. The van der Waals surface area contributed by atoms with Gasteiger partial charge in [0, 0.05) is 6.61 Å². The summed E-state index contributed by atoms with van der Waals surface area (Å²) in [5.41, 5.74) is 0.956. The quantitative estimate of drug-likeness (QED) is 0.557. The number of hydrogen-bond acceptors (Lipinski definition) is 4. The van der Waals surface area contributed by atoms with E-state index in [0.29, 0.717) is 6.61 Å². The molecule has 0 radical (unpaired) electrons. The number of ether oxygens (including phenoxy) is 2. The smallest absolute Gasteiger partial charge is 0.313 e. The lowest BCUT2D eigenvalue weighted by Crippen LogP contribution is -2.14. The van der Waals surface area contributed by atoms with E-state index >= 15 is 0 Å². The van der Waals surface area contributed by atoms with Crippen LogP contribution in [0.15, 0.2) is 36.4 Å². The zero-order valence-corrected chi connectivity index (χ0v) is 14.5. The summed E-state index contributed by atoms with van der Waals surface area (Å²) in [5, 5.41) is 10.9. The predicted molar refractivity (Wildman–Crippen MR) is 95.4 cm³/mol. The molecule has 130 valence electrons. The molecule has 0 saturated heterocycles. The fourth-order valence-electron chi connectivity index (χ4n) is 2.64. The maximum Gasteiger partial charge on any atom is 0.313 e. The minimum Gasteiger partial charge on any atom is -0.497 e. The van der Waals surface area contributed by atoms with Crippen LogP contribution in [0.3, 0.4) is 0 Å². The van der Waals surface area contributed by atoms with E-state index < -0.39 is 0 Å². The van der Waals surface area contributed by atoms with Crippen LogP contribution in [0.1, 0.15) is 44.1 Å². The molecule has 0 aliphatic heterocycles. The first kappa shape index (κ1) is 18.3. The van der Waals surface area contributed by atoms with Crippen LogP contribution in [0.2, 0.25) is 0 Å². The highest BCUT2D eigenvalue weighted by Gasteiger charge is 2.17. The van der Waals surface area contributed by atoms with Crippen molar-refractivity contribution in [3.63, 3.8) is 0 Å². The van der Waals surface area contributed by atoms with Crippen molar-refractivity contribution in [2.45, 2.75) is 38.5 Å². The van der Waals surface area contributed by atoms with Crippen molar-refractivity contribution < 1.29 is 19.4 Å². The third-order valence-electron chi connectivity index (χ3n) is 4.22. The van der Waals surface area contributed by atoms with Gasteiger partial charge in [-0.3, -0.25) is 4.79 Å². The number of unbranched alkanes of at least 4 members (excludes halogenated alkanes) is 3. The fourth-order valence-corrected chi connectivity index (χ4v) is 2.64. The summed E-state index contributed by atoms with van der Waals surface area (Å²) >= 11 is 0. The Hall–Kier alpha value is -2.07. The van der Waals surface area contributed by atoms with E-state index in [1.807, 2.05) is 43.3 Å². The number of methoxy groups -OCH3 is 1. The number of benzene rings is 2. The second kappa shape index (κ2) is 9.28. The molecule has 4 heteroatoms. The first-order valence-electron chi connectivity index (χ1n) is 8.51. The molecule has 2 aromatic rings. The highest BCUT2D eigenvalue weighted by atomic mass is 16.5. The van der Waals surface area contributed by atoms with E-state index in [9.17, 15) is 4.79 Å².